The fourth-order valence-electron chi connectivity index (χ4n) is 1.94. The van der Waals surface area contributed by atoms with Gasteiger partial charge in [-0.25, -0.2) is 0 Å². The molecule has 2 bridgehead atoms. The molecular weight excluding hydrogens is 166 g/mol. The van der Waals surface area contributed by atoms with Gasteiger partial charge in [0.25, 0.3) is 0 Å². The number of hydrogen-bond donors (Lipinski definition) is 1. The van der Waals surface area contributed by atoms with Crippen LogP contribution in [0.5, 0.6) is 0 Å². The van der Waals surface area contributed by atoms with Crippen molar-refractivity contribution in [2.75, 3.05) is 26.4 Å². The fraction of sp³-hybridized carbons (Fsp3) is 1.00. The maximum absolute atomic E-state index is 5.75. The molecule has 1 N–H and O–H groups in total. The average Bonchev–Trinajstić information content (AvgIpc) is 2.33. The van der Waals surface area contributed by atoms with E-state index in [0.717, 1.165) is 26.4 Å². The molecule has 0 saturated carbocycles. The molecule has 0 amide bonds. The van der Waals surface area contributed by atoms with E-state index < -0.39 is 0 Å². The van der Waals surface area contributed by atoms with Crippen LogP contribution in [-0.4, -0.2) is 38.5 Å². The Morgan fingerprint density at radius 1 is 1.15 bits per heavy atom. The van der Waals surface area contributed by atoms with E-state index in [9.17, 15) is 0 Å². The van der Waals surface area contributed by atoms with Gasteiger partial charge in [-0.3, -0.25) is 0 Å². The summed E-state index contributed by atoms with van der Waals surface area (Å²) in [5.74, 6) is 0.618. The van der Waals surface area contributed by atoms with Crippen LogP contribution < -0.4 is 5.32 Å². The fourth-order valence-corrected chi connectivity index (χ4v) is 1.94. The molecule has 3 atom stereocenters. The average molecular weight is 185 g/mol. The van der Waals surface area contributed by atoms with Crippen molar-refractivity contribution >= 4 is 0 Å². The Labute approximate surface area is 79.8 Å². The van der Waals surface area contributed by atoms with E-state index in [1.807, 2.05) is 0 Å². The first-order valence-electron chi connectivity index (χ1n) is 5.27. The van der Waals surface area contributed by atoms with E-state index in [0.29, 0.717) is 12.0 Å². The molecule has 0 aliphatic carbocycles. The smallest absolute Gasteiger partial charge is 0.0932 e. The van der Waals surface area contributed by atoms with Crippen LogP contribution >= 0.6 is 0 Å². The second-order valence-corrected chi connectivity index (χ2v) is 4.25. The monoisotopic (exact) mass is 185 g/mol. The quantitative estimate of drug-likeness (QED) is 0.605. The Balaban J connectivity index is 1.96. The zero-order valence-electron chi connectivity index (χ0n) is 8.29. The molecule has 76 valence electrons. The molecule has 2 saturated heterocycles. The van der Waals surface area contributed by atoms with Gasteiger partial charge in [0.1, 0.15) is 0 Å². The topological polar surface area (TPSA) is 30.5 Å². The summed E-state index contributed by atoms with van der Waals surface area (Å²) in [6, 6.07) is 0.629. The third-order valence-corrected chi connectivity index (χ3v) is 2.93. The van der Waals surface area contributed by atoms with Gasteiger partial charge in [0.2, 0.25) is 0 Å². The summed E-state index contributed by atoms with van der Waals surface area (Å²) in [7, 11) is 0. The lowest BCUT2D eigenvalue weighted by Crippen LogP contribution is -2.36. The van der Waals surface area contributed by atoms with E-state index >= 15 is 0 Å². The van der Waals surface area contributed by atoms with Gasteiger partial charge in [-0.1, -0.05) is 0 Å². The second kappa shape index (κ2) is 4.40. The summed E-state index contributed by atoms with van der Waals surface area (Å²) in [6.07, 6.45) is 2.73. The highest BCUT2D eigenvalue weighted by Crippen LogP contribution is 2.16. The highest BCUT2D eigenvalue weighted by molar-refractivity contribution is 4.74. The highest BCUT2D eigenvalue weighted by atomic mass is 16.5. The lowest BCUT2D eigenvalue weighted by molar-refractivity contribution is 0.0253. The predicted molar refractivity (Wildman–Crippen MR) is 50.7 cm³/mol. The standard InChI is InChI=1S/C10H19NO2/c1-8-2-3-9-5-12-7-10(4-11-8)13-6-9/h8-11H,2-7H2,1H3. The Bertz CT molecular complexity index is 147. The molecule has 0 radical (unpaired) electrons. The van der Waals surface area contributed by atoms with E-state index in [4.69, 9.17) is 9.47 Å². The number of fused-ring (bicyclic) bond motifs is 3. The second-order valence-electron chi connectivity index (χ2n) is 4.25. The Morgan fingerprint density at radius 2 is 2.08 bits per heavy atom. The lowest BCUT2D eigenvalue weighted by atomic mass is 10.0. The summed E-state index contributed by atoms with van der Waals surface area (Å²) < 4.78 is 11.3. The molecule has 2 rings (SSSR count). The SMILES string of the molecule is CC1CCC2COCC(CN1)OC2. The van der Waals surface area contributed by atoms with E-state index in [-0.39, 0.29) is 6.10 Å². The first kappa shape index (κ1) is 9.44. The van der Waals surface area contributed by atoms with Crippen LogP contribution in [-0.2, 0) is 9.47 Å². The minimum absolute atomic E-state index is 0.269. The van der Waals surface area contributed by atoms with Gasteiger partial charge in [0, 0.05) is 18.5 Å². The Kier molecular flexibility index (Phi) is 3.19. The normalized spacial score (nSPS) is 41.8. The molecule has 2 fully saturated rings. The van der Waals surface area contributed by atoms with Crippen LogP contribution in [0.4, 0.5) is 0 Å². The van der Waals surface area contributed by atoms with Gasteiger partial charge in [0.05, 0.1) is 25.9 Å². The molecule has 13 heavy (non-hydrogen) atoms. The van der Waals surface area contributed by atoms with E-state index in [2.05, 4.69) is 12.2 Å². The number of rotatable bonds is 0. The zero-order valence-corrected chi connectivity index (χ0v) is 8.29. The minimum atomic E-state index is 0.269. The molecule has 3 heteroatoms. The molecule has 0 spiro atoms. The van der Waals surface area contributed by atoms with Gasteiger partial charge in [-0.15, -0.1) is 0 Å². The molecule has 3 unspecified atom stereocenters. The van der Waals surface area contributed by atoms with Gasteiger partial charge >= 0.3 is 0 Å². The summed E-state index contributed by atoms with van der Waals surface area (Å²) in [4.78, 5) is 0. The summed E-state index contributed by atoms with van der Waals surface area (Å²) in [5.41, 5.74) is 0. The number of hydrogen-bond acceptors (Lipinski definition) is 3. The van der Waals surface area contributed by atoms with Crippen molar-refractivity contribution in [1.82, 2.24) is 5.32 Å². The van der Waals surface area contributed by atoms with Crippen molar-refractivity contribution in [3.63, 3.8) is 0 Å². The maximum Gasteiger partial charge on any atom is 0.0932 e. The van der Waals surface area contributed by atoms with Crippen molar-refractivity contribution < 1.29 is 9.47 Å². The first-order valence-corrected chi connectivity index (χ1v) is 5.27. The third-order valence-electron chi connectivity index (χ3n) is 2.93. The summed E-state index contributed by atoms with van der Waals surface area (Å²) >= 11 is 0. The lowest BCUT2D eigenvalue weighted by Gasteiger charge is -2.19. The Morgan fingerprint density at radius 3 is 3.00 bits per heavy atom. The predicted octanol–water partition coefficient (Wildman–Crippen LogP) is 0.790. The number of nitrogens with one attached hydrogen (secondary N) is 1. The Hall–Kier alpha value is -0.120. The van der Waals surface area contributed by atoms with Gasteiger partial charge < -0.3 is 14.8 Å². The van der Waals surface area contributed by atoms with Crippen LogP contribution in [0.2, 0.25) is 0 Å². The van der Waals surface area contributed by atoms with E-state index in [1.165, 1.54) is 12.8 Å². The van der Waals surface area contributed by atoms with Crippen molar-refractivity contribution in [2.45, 2.75) is 31.9 Å². The van der Waals surface area contributed by atoms with Gasteiger partial charge in [0.15, 0.2) is 0 Å². The first-order chi connectivity index (χ1) is 6.34. The van der Waals surface area contributed by atoms with Crippen LogP contribution in [0.1, 0.15) is 19.8 Å². The summed E-state index contributed by atoms with van der Waals surface area (Å²) in [5, 5.41) is 3.47. The molecular formula is C10H19NO2. The van der Waals surface area contributed by atoms with Crippen molar-refractivity contribution in [3.8, 4) is 0 Å². The van der Waals surface area contributed by atoms with Gasteiger partial charge in [-0.2, -0.15) is 0 Å². The van der Waals surface area contributed by atoms with E-state index in [1.54, 1.807) is 0 Å². The van der Waals surface area contributed by atoms with Crippen LogP contribution in [0.15, 0.2) is 0 Å². The molecule has 0 aromatic rings. The minimum Gasteiger partial charge on any atom is -0.378 e. The molecule has 3 nitrogen and oxygen atoms in total. The van der Waals surface area contributed by atoms with Crippen LogP contribution in [0.3, 0.4) is 0 Å². The third kappa shape index (κ3) is 2.66. The number of ether oxygens (including phenoxy) is 2. The van der Waals surface area contributed by atoms with Crippen molar-refractivity contribution in [2.24, 2.45) is 5.92 Å². The highest BCUT2D eigenvalue weighted by Gasteiger charge is 2.22. The van der Waals surface area contributed by atoms with Crippen molar-refractivity contribution in [1.29, 1.82) is 0 Å². The summed E-state index contributed by atoms with van der Waals surface area (Å²) in [6.45, 7) is 5.73. The maximum atomic E-state index is 5.75. The molecule has 2 heterocycles. The largest absolute Gasteiger partial charge is 0.378 e. The van der Waals surface area contributed by atoms with Crippen molar-refractivity contribution in [3.05, 3.63) is 0 Å². The van der Waals surface area contributed by atoms with Crippen LogP contribution in [0, 0.1) is 5.92 Å². The van der Waals surface area contributed by atoms with Gasteiger partial charge in [-0.05, 0) is 19.8 Å². The molecule has 2 aliphatic rings. The zero-order chi connectivity index (χ0) is 9.10. The van der Waals surface area contributed by atoms with Crippen LogP contribution in [0.25, 0.3) is 0 Å². The molecule has 0 aromatic heterocycles. The molecule has 0 aromatic carbocycles. The molecule has 2 aliphatic heterocycles.